The molecule has 1 saturated heterocycles. The average Bonchev–Trinajstić information content (AvgIpc) is 2.97. The van der Waals surface area contributed by atoms with Crippen LogP contribution in [0.2, 0.25) is 0 Å². The molecule has 3 rings (SSSR count). The Morgan fingerprint density at radius 3 is 2.26 bits per heavy atom. The van der Waals surface area contributed by atoms with E-state index in [4.69, 9.17) is 4.74 Å². The van der Waals surface area contributed by atoms with E-state index in [-0.39, 0.29) is 0 Å². The molecule has 1 unspecified atom stereocenters. The highest BCUT2D eigenvalue weighted by molar-refractivity contribution is 5.69. The molecule has 1 aliphatic rings. The summed E-state index contributed by atoms with van der Waals surface area (Å²) < 4.78 is 7.28. The Morgan fingerprint density at radius 1 is 1.00 bits per heavy atom. The molecule has 2 aromatic carbocycles. The lowest BCUT2D eigenvalue weighted by Gasteiger charge is -2.27. The minimum absolute atomic E-state index is 0.352. The van der Waals surface area contributed by atoms with Gasteiger partial charge in [0.2, 0.25) is 0 Å². The molecule has 0 radical (unpaired) electrons. The topological polar surface area (TPSA) is 9.23 Å². The molecule has 1 heterocycles. The van der Waals surface area contributed by atoms with E-state index >= 15 is 0 Å². The van der Waals surface area contributed by atoms with Crippen molar-refractivity contribution in [3.05, 3.63) is 65.7 Å². The number of likely N-dealkylation sites (N-methyl/N-ethyl adjacent to an activating group) is 1. The molecule has 1 fully saturated rings. The van der Waals surface area contributed by atoms with Crippen LogP contribution in [0.25, 0.3) is 12.2 Å². The van der Waals surface area contributed by atoms with Gasteiger partial charge in [0.15, 0.2) is 6.10 Å². The van der Waals surface area contributed by atoms with Crippen LogP contribution in [-0.4, -0.2) is 37.3 Å². The first-order valence-electron chi connectivity index (χ1n) is 8.50. The van der Waals surface area contributed by atoms with Gasteiger partial charge in [0.05, 0.1) is 20.1 Å². The molecule has 2 nitrogen and oxygen atoms in total. The van der Waals surface area contributed by atoms with Crippen LogP contribution in [0.15, 0.2) is 54.6 Å². The molecule has 0 amide bonds. The van der Waals surface area contributed by atoms with Gasteiger partial charge in [0, 0.05) is 6.42 Å². The first kappa shape index (κ1) is 15.8. The van der Waals surface area contributed by atoms with Crippen LogP contribution in [0.1, 0.15) is 24.5 Å². The molecule has 0 aliphatic carbocycles. The van der Waals surface area contributed by atoms with Crippen molar-refractivity contribution in [2.24, 2.45) is 0 Å². The fourth-order valence-corrected chi connectivity index (χ4v) is 3.12. The van der Waals surface area contributed by atoms with Gasteiger partial charge < -0.3 is 9.22 Å². The van der Waals surface area contributed by atoms with Crippen molar-refractivity contribution in [3.63, 3.8) is 0 Å². The number of nitrogens with zero attached hydrogens (tertiary/aromatic N) is 1. The summed E-state index contributed by atoms with van der Waals surface area (Å²) in [6.45, 7) is 5.78. The van der Waals surface area contributed by atoms with Crippen molar-refractivity contribution in [1.82, 2.24) is 0 Å². The number of hydrogen-bond donors (Lipinski definition) is 0. The van der Waals surface area contributed by atoms with Gasteiger partial charge in [-0.1, -0.05) is 54.6 Å². The summed E-state index contributed by atoms with van der Waals surface area (Å²) in [4.78, 5) is 0. The molecule has 2 heteroatoms. The highest BCUT2D eigenvalue weighted by Gasteiger charge is 2.34. The van der Waals surface area contributed by atoms with Crippen LogP contribution in [0.4, 0.5) is 0 Å². The van der Waals surface area contributed by atoms with Crippen LogP contribution in [-0.2, 0) is 0 Å². The Balaban J connectivity index is 1.58. The van der Waals surface area contributed by atoms with E-state index in [1.54, 1.807) is 0 Å². The van der Waals surface area contributed by atoms with Crippen molar-refractivity contribution in [3.8, 4) is 5.75 Å². The van der Waals surface area contributed by atoms with Gasteiger partial charge in [-0.05, 0) is 30.2 Å². The zero-order valence-electron chi connectivity index (χ0n) is 14.1. The normalized spacial score (nSPS) is 24.2. The van der Waals surface area contributed by atoms with Crippen molar-refractivity contribution in [1.29, 1.82) is 0 Å². The summed E-state index contributed by atoms with van der Waals surface area (Å²) in [5.41, 5.74) is 2.41. The Bertz CT molecular complexity index is 647. The molecular formula is C21H26NO+. The molecule has 0 bridgehead atoms. The van der Waals surface area contributed by atoms with Crippen molar-refractivity contribution < 1.29 is 9.22 Å². The van der Waals surface area contributed by atoms with Crippen molar-refractivity contribution in [2.45, 2.75) is 19.4 Å². The summed E-state index contributed by atoms with van der Waals surface area (Å²) in [6.07, 6.45) is 5.78. The quantitative estimate of drug-likeness (QED) is 0.585. The number of quaternary nitrogens is 1. The van der Waals surface area contributed by atoms with E-state index < -0.39 is 0 Å². The number of rotatable bonds is 5. The van der Waals surface area contributed by atoms with E-state index in [0.717, 1.165) is 23.2 Å². The van der Waals surface area contributed by atoms with E-state index in [1.165, 1.54) is 24.2 Å². The molecule has 0 N–H and O–H groups in total. The Kier molecular flexibility index (Phi) is 4.82. The smallest absolute Gasteiger partial charge is 0.153 e. The highest BCUT2D eigenvalue weighted by Crippen LogP contribution is 2.23. The molecule has 23 heavy (non-hydrogen) atoms. The second-order valence-corrected chi connectivity index (χ2v) is 6.68. The van der Waals surface area contributed by atoms with Crippen molar-refractivity contribution >= 4 is 12.2 Å². The summed E-state index contributed by atoms with van der Waals surface area (Å²) >= 11 is 0. The lowest BCUT2D eigenvalue weighted by atomic mass is 10.1. The Morgan fingerprint density at radius 2 is 1.65 bits per heavy atom. The second-order valence-electron chi connectivity index (χ2n) is 6.68. The van der Waals surface area contributed by atoms with Crippen molar-refractivity contribution in [2.75, 3.05) is 26.7 Å². The number of hydrogen-bond acceptors (Lipinski definition) is 1. The number of ether oxygens (including phenoxy) is 1. The van der Waals surface area contributed by atoms with E-state index in [2.05, 4.69) is 74.7 Å². The fourth-order valence-electron chi connectivity index (χ4n) is 3.12. The zero-order valence-corrected chi connectivity index (χ0v) is 14.1. The van der Waals surface area contributed by atoms with E-state index in [1.807, 2.05) is 6.07 Å². The number of benzene rings is 2. The predicted octanol–water partition coefficient (Wildman–Crippen LogP) is 4.47. The van der Waals surface area contributed by atoms with Crippen LogP contribution in [0.5, 0.6) is 5.75 Å². The van der Waals surface area contributed by atoms with Crippen LogP contribution >= 0.6 is 0 Å². The lowest BCUT2D eigenvalue weighted by Crippen LogP contribution is -2.42. The minimum atomic E-state index is 0.352. The molecule has 2 atom stereocenters. The monoisotopic (exact) mass is 308 g/mol. The average molecular weight is 308 g/mol. The van der Waals surface area contributed by atoms with Gasteiger partial charge in [-0.25, -0.2) is 0 Å². The first-order valence-corrected chi connectivity index (χ1v) is 8.50. The number of likely N-dealkylation sites (tertiary alicyclic amines) is 1. The summed E-state index contributed by atoms with van der Waals surface area (Å²) in [5, 5.41) is 0. The van der Waals surface area contributed by atoms with Gasteiger partial charge in [-0.15, -0.1) is 0 Å². The van der Waals surface area contributed by atoms with Gasteiger partial charge in [0.25, 0.3) is 0 Å². The molecule has 0 saturated carbocycles. The second kappa shape index (κ2) is 7.01. The Hall–Kier alpha value is -2.06. The summed E-state index contributed by atoms with van der Waals surface area (Å²) in [6, 6.07) is 18.8. The highest BCUT2D eigenvalue weighted by atomic mass is 16.5. The molecule has 2 aromatic rings. The molecular weight excluding hydrogens is 282 g/mol. The maximum absolute atomic E-state index is 6.15. The SMILES string of the molecule is CC[N+]1(C)CC[C@@H](Oc2ccc(C=Cc3ccccc3)cc2)C1. The Labute approximate surface area is 139 Å². The maximum Gasteiger partial charge on any atom is 0.153 e. The van der Waals surface area contributed by atoms with Crippen LogP contribution < -0.4 is 4.74 Å². The third-order valence-electron chi connectivity index (χ3n) is 4.85. The zero-order chi connectivity index (χ0) is 16.1. The summed E-state index contributed by atoms with van der Waals surface area (Å²) in [5.74, 6) is 0.983. The molecule has 120 valence electrons. The lowest BCUT2D eigenvalue weighted by molar-refractivity contribution is -0.897. The van der Waals surface area contributed by atoms with E-state index in [0.29, 0.717) is 6.10 Å². The fraction of sp³-hybridized carbons (Fsp3) is 0.333. The first-order chi connectivity index (χ1) is 11.2. The largest absolute Gasteiger partial charge is 0.484 e. The molecule has 1 aliphatic heterocycles. The van der Waals surface area contributed by atoms with Gasteiger partial charge in [-0.3, -0.25) is 0 Å². The van der Waals surface area contributed by atoms with Gasteiger partial charge >= 0.3 is 0 Å². The van der Waals surface area contributed by atoms with Crippen LogP contribution in [0.3, 0.4) is 0 Å². The third-order valence-corrected chi connectivity index (χ3v) is 4.85. The predicted molar refractivity (Wildman–Crippen MR) is 97.3 cm³/mol. The van der Waals surface area contributed by atoms with Crippen LogP contribution in [0, 0.1) is 0 Å². The van der Waals surface area contributed by atoms with Gasteiger partial charge in [0.1, 0.15) is 12.3 Å². The van der Waals surface area contributed by atoms with E-state index in [9.17, 15) is 0 Å². The van der Waals surface area contributed by atoms with Gasteiger partial charge in [-0.2, -0.15) is 0 Å². The summed E-state index contributed by atoms with van der Waals surface area (Å²) in [7, 11) is 2.32. The standard InChI is InChI=1S/C21H26NO/c1-3-22(2)16-15-21(17-22)23-20-13-11-19(12-14-20)10-9-18-7-5-4-6-8-18/h4-14,21H,3,15-17H2,1-2H3/q+1/t21-,22?/m1/s1. The minimum Gasteiger partial charge on any atom is -0.484 e. The maximum atomic E-state index is 6.15. The third kappa shape index (κ3) is 4.23. The molecule has 0 spiro atoms. The molecule has 0 aromatic heterocycles.